The van der Waals surface area contributed by atoms with Crippen LogP contribution in [0, 0.1) is 5.92 Å². The minimum absolute atomic E-state index is 0.250. The highest BCUT2D eigenvalue weighted by molar-refractivity contribution is 4.75. The van der Waals surface area contributed by atoms with Crippen LogP contribution < -0.4 is 10.6 Å². The van der Waals surface area contributed by atoms with Gasteiger partial charge in [-0.25, -0.2) is 0 Å². The number of hydrogen-bond donors (Lipinski definition) is 2. The molecule has 0 saturated heterocycles. The molecule has 16 heavy (non-hydrogen) atoms. The van der Waals surface area contributed by atoms with E-state index in [9.17, 15) is 0 Å². The van der Waals surface area contributed by atoms with E-state index in [2.05, 4.69) is 38.3 Å². The van der Waals surface area contributed by atoms with Crippen LogP contribution >= 0.6 is 0 Å². The molecule has 0 aromatic carbocycles. The topological polar surface area (TPSA) is 24.1 Å². The van der Waals surface area contributed by atoms with Crippen molar-refractivity contribution in [3.63, 3.8) is 0 Å². The molecule has 2 atom stereocenters. The molecule has 2 nitrogen and oxygen atoms in total. The summed E-state index contributed by atoms with van der Waals surface area (Å²) >= 11 is 0. The molecule has 1 aliphatic rings. The number of nitrogens with one attached hydrogen (secondary N) is 2. The predicted octanol–water partition coefficient (Wildman–Crippen LogP) is 2.93. The highest BCUT2D eigenvalue weighted by Crippen LogP contribution is 2.22. The molecule has 1 rings (SSSR count). The van der Waals surface area contributed by atoms with E-state index in [0.717, 1.165) is 25.0 Å². The lowest BCUT2D eigenvalue weighted by molar-refractivity contribution is 0.395. The van der Waals surface area contributed by atoms with E-state index >= 15 is 0 Å². The number of rotatable bonds is 4. The molecule has 0 bridgehead atoms. The summed E-state index contributed by atoms with van der Waals surface area (Å²) in [7, 11) is 0. The average molecular weight is 226 g/mol. The monoisotopic (exact) mass is 226 g/mol. The van der Waals surface area contributed by atoms with Crippen molar-refractivity contribution >= 4 is 0 Å². The molecule has 2 heteroatoms. The molecule has 1 saturated carbocycles. The summed E-state index contributed by atoms with van der Waals surface area (Å²) in [5.74, 6) is 0.944. The van der Waals surface area contributed by atoms with Crippen LogP contribution in [0.3, 0.4) is 0 Å². The fourth-order valence-corrected chi connectivity index (χ4v) is 2.41. The van der Waals surface area contributed by atoms with Crippen LogP contribution in [0.2, 0.25) is 0 Å². The molecule has 1 aliphatic carbocycles. The van der Waals surface area contributed by atoms with Crippen molar-refractivity contribution < 1.29 is 0 Å². The summed E-state index contributed by atoms with van der Waals surface area (Å²) in [5, 5.41) is 7.22. The Hall–Kier alpha value is -0.0800. The summed E-state index contributed by atoms with van der Waals surface area (Å²) < 4.78 is 0. The Morgan fingerprint density at radius 2 is 1.75 bits per heavy atom. The second kappa shape index (κ2) is 6.61. The van der Waals surface area contributed by atoms with Gasteiger partial charge < -0.3 is 10.6 Å². The zero-order chi connectivity index (χ0) is 12.0. The first-order chi connectivity index (χ1) is 7.47. The summed E-state index contributed by atoms with van der Waals surface area (Å²) in [4.78, 5) is 0. The zero-order valence-corrected chi connectivity index (χ0v) is 11.6. The Bertz CT molecular complexity index is 184. The van der Waals surface area contributed by atoms with E-state index in [4.69, 9.17) is 0 Å². The summed E-state index contributed by atoms with van der Waals surface area (Å²) in [6, 6.07) is 0.770. The fraction of sp³-hybridized carbons (Fsp3) is 1.00. The van der Waals surface area contributed by atoms with Gasteiger partial charge in [0, 0.05) is 24.7 Å². The van der Waals surface area contributed by atoms with Crippen LogP contribution in [0.25, 0.3) is 0 Å². The minimum Gasteiger partial charge on any atom is -0.313 e. The third kappa shape index (κ3) is 6.49. The largest absolute Gasteiger partial charge is 0.313 e. The van der Waals surface area contributed by atoms with E-state index < -0.39 is 0 Å². The molecule has 0 amide bonds. The van der Waals surface area contributed by atoms with Crippen molar-refractivity contribution in [2.45, 2.75) is 71.4 Å². The smallest absolute Gasteiger partial charge is 0.00970 e. The van der Waals surface area contributed by atoms with Crippen LogP contribution in [-0.2, 0) is 0 Å². The van der Waals surface area contributed by atoms with Gasteiger partial charge in [-0.2, -0.15) is 0 Å². The van der Waals surface area contributed by atoms with E-state index in [0.29, 0.717) is 0 Å². The van der Waals surface area contributed by atoms with Gasteiger partial charge in [0.15, 0.2) is 0 Å². The second-order valence-corrected chi connectivity index (χ2v) is 6.44. The molecular formula is C14H30N2. The van der Waals surface area contributed by atoms with Crippen LogP contribution in [0.5, 0.6) is 0 Å². The highest BCUT2D eigenvalue weighted by Gasteiger charge is 2.15. The third-order valence-corrected chi connectivity index (χ3v) is 3.47. The van der Waals surface area contributed by atoms with Gasteiger partial charge in [-0.1, -0.05) is 19.8 Å². The molecule has 0 radical (unpaired) electrons. The molecule has 0 aliphatic heterocycles. The maximum atomic E-state index is 3.69. The van der Waals surface area contributed by atoms with Gasteiger partial charge in [0.25, 0.3) is 0 Å². The number of hydrogen-bond acceptors (Lipinski definition) is 2. The van der Waals surface area contributed by atoms with Crippen molar-refractivity contribution in [3.05, 3.63) is 0 Å². The van der Waals surface area contributed by atoms with Gasteiger partial charge in [-0.05, 0) is 46.0 Å². The van der Waals surface area contributed by atoms with E-state index in [1.807, 2.05) is 0 Å². The van der Waals surface area contributed by atoms with Crippen LogP contribution in [-0.4, -0.2) is 24.7 Å². The average Bonchev–Trinajstić information content (AvgIpc) is 2.37. The third-order valence-electron chi connectivity index (χ3n) is 3.47. The molecule has 0 heterocycles. The van der Waals surface area contributed by atoms with Crippen molar-refractivity contribution in [2.24, 2.45) is 5.92 Å². The Morgan fingerprint density at radius 3 is 2.44 bits per heavy atom. The first kappa shape index (κ1) is 14.0. The van der Waals surface area contributed by atoms with Crippen LogP contribution in [0.15, 0.2) is 0 Å². The molecule has 96 valence electrons. The molecule has 1 fully saturated rings. The van der Waals surface area contributed by atoms with E-state index in [1.165, 1.54) is 32.1 Å². The zero-order valence-electron chi connectivity index (χ0n) is 11.6. The van der Waals surface area contributed by atoms with Crippen molar-refractivity contribution in [1.82, 2.24) is 10.6 Å². The van der Waals surface area contributed by atoms with Gasteiger partial charge in [0.05, 0.1) is 0 Å². The quantitative estimate of drug-likeness (QED) is 0.569. The summed E-state index contributed by atoms with van der Waals surface area (Å²) in [6.45, 7) is 11.2. The highest BCUT2D eigenvalue weighted by atomic mass is 15.0. The minimum atomic E-state index is 0.250. The molecule has 0 spiro atoms. The van der Waals surface area contributed by atoms with Gasteiger partial charge >= 0.3 is 0 Å². The first-order valence-corrected chi connectivity index (χ1v) is 6.96. The van der Waals surface area contributed by atoms with Gasteiger partial charge in [-0.3, -0.25) is 0 Å². The van der Waals surface area contributed by atoms with E-state index in [-0.39, 0.29) is 5.54 Å². The summed E-state index contributed by atoms with van der Waals surface area (Å²) in [5.41, 5.74) is 0.250. The van der Waals surface area contributed by atoms with E-state index in [1.54, 1.807) is 0 Å². The Morgan fingerprint density at radius 1 is 1.00 bits per heavy atom. The van der Waals surface area contributed by atoms with Crippen LogP contribution in [0.1, 0.15) is 59.8 Å². The van der Waals surface area contributed by atoms with Gasteiger partial charge in [0.1, 0.15) is 0 Å². The predicted molar refractivity (Wildman–Crippen MR) is 71.8 cm³/mol. The fourth-order valence-electron chi connectivity index (χ4n) is 2.41. The lowest BCUT2D eigenvalue weighted by Gasteiger charge is -2.22. The SMILES string of the molecule is CC1CCCC(NCCNC(C)(C)C)CC1. The normalized spacial score (nSPS) is 27.8. The Labute approximate surface area is 102 Å². The van der Waals surface area contributed by atoms with Crippen molar-refractivity contribution in [1.29, 1.82) is 0 Å². The lowest BCUT2D eigenvalue weighted by Crippen LogP contribution is -2.42. The Kier molecular flexibility index (Phi) is 5.77. The first-order valence-electron chi connectivity index (χ1n) is 6.96. The maximum Gasteiger partial charge on any atom is 0.00970 e. The maximum absolute atomic E-state index is 3.69. The standard InChI is InChI=1S/C14H30N2/c1-12-6-5-7-13(9-8-12)15-10-11-16-14(2,3)4/h12-13,15-16H,5-11H2,1-4H3. The van der Waals surface area contributed by atoms with Gasteiger partial charge in [-0.15, -0.1) is 0 Å². The lowest BCUT2D eigenvalue weighted by atomic mass is 10.0. The van der Waals surface area contributed by atoms with Crippen LogP contribution in [0.4, 0.5) is 0 Å². The molecule has 0 aromatic rings. The molecular weight excluding hydrogens is 196 g/mol. The molecule has 2 unspecified atom stereocenters. The second-order valence-electron chi connectivity index (χ2n) is 6.44. The Balaban J connectivity index is 2.08. The van der Waals surface area contributed by atoms with Crippen molar-refractivity contribution in [2.75, 3.05) is 13.1 Å². The molecule has 0 aromatic heterocycles. The molecule has 2 N–H and O–H groups in total. The van der Waals surface area contributed by atoms with Crippen molar-refractivity contribution in [3.8, 4) is 0 Å². The summed E-state index contributed by atoms with van der Waals surface area (Å²) in [6.07, 6.45) is 6.99. The van der Waals surface area contributed by atoms with Gasteiger partial charge in [0.2, 0.25) is 0 Å².